The fourth-order valence-electron chi connectivity index (χ4n) is 5.71. The lowest BCUT2D eigenvalue weighted by atomic mass is 9.79. The van der Waals surface area contributed by atoms with E-state index in [0.717, 1.165) is 48.5 Å². The number of piperidine rings is 1. The summed E-state index contributed by atoms with van der Waals surface area (Å²) in [6.07, 6.45) is 3.62. The SMILES string of the molecule is Cn1c(C(=O)N2CCN(Cc3ccc(C(F)(F)F)cc3)CC2)cc2c1CC(C1CCNCC1)C=C2. The Balaban J connectivity index is 1.18. The normalized spacial score (nSPS) is 21.8. The molecule has 1 unspecified atom stereocenters. The van der Waals surface area contributed by atoms with E-state index in [9.17, 15) is 18.0 Å². The van der Waals surface area contributed by atoms with Crippen LogP contribution in [0.1, 0.15) is 45.7 Å². The van der Waals surface area contributed by atoms with Gasteiger partial charge in [-0.2, -0.15) is 13.2 Å². The predicted molar refractivity (Wildman–Crippen MR) is 130 cm³/mol. The molecule has 0 bridgehead atoms. The number of amides is 1. The van der Waals surface area contributed by atoms with Gasteiger partial charge in [0.15, 0.2) is 0 Å². The molecule has 1 amide bonds. The van der Waals surface area contributed by atoms with Crippen LogP contribution in [0, 0.1) is 11.8 Å². The van der Waals surface area contributed by atoms with E-state index in [1.807, 2.05) is 18.0 Å². The summed E-state index contributed by atoms with van der Waals surface area (Å²) in [4.78, 5) is 17.5. The van der Waals surface area contributed by atoms with Crippen LogP contribution in [-0.2, 0) is 26.2 Å². The molecule has 2 aromatic rings. The van der Waals surface area contributed by atoms with Crippen molar-refractivity contribution < 1.29 is 18.0 Å². The summed E-state index contributed by atoms with van der Waals surface area (Å²) in [6.45, 7) is 5.39. The lowest BCUT2D eigenvalue weighted by Crippen LogP contribution is -2.48. The molecule has 1 N–H and O–H groups in total. The van der Waals surface area contributed by atoms with Gasteiger partial charge in [0.05, 0.1) is 5.56 Å². The average molecular weight is 487 g/mol. The van der Waals surface area contributed by atoms with Crippen LogP contribution in [0.3, 0.4) is 0 Å². The van der Waals surface area contributed by atoms with Crippen LogP contribution < -0.4 is 5.32 Å². The largest absolute Gasteiger partial charge is 0.416 e. The van der Waals surface area contributed by atoms with E-state index in [1.165, 1.54) is 18.5 Å². The lowest BCUT2D eigenvalue weighted by Gasteiger charge is -2.35. The zero-order valence-corrected chi connectivity index (χ0v) is 20.2. The molecule has 0 radical (unpaired) electrons. The van der Waals surface area contributed by atoms with E-state index < -0.39 is 11.7 Å². The first-order valence-electron chi connectivity index (χ1n) is 12.5. The number of hydrogen-bond acceptors (Lipinski definition) is 3. The number of alkyl halides is 3. The first-order chi connectivity index (χ1) is 16.8. The number of nitrogens with zero attached hydrogens (tertiary/aromatic N) is 3. The number of allylic oxidation sites excluding steroid dienone is 1. The summed E-state index contributed by atoms with van der Waals surface area (Å²) in [7, 11) is 2.01. The van der Waals surface area contributed by atoms with Gasteiger partial charge in [-0.05, 0) is 73.5 Å². The van der Waals surface area contributed by atoms with Gasteiger partial charge in [-0.25, -0.2) is 0 Å². The van der Waals surface area contributed by atoms with Crippen molar-refractivity contribution in [2.75, 3.05) is 39.3 Å². The highest BCUT2D eigenvalue weighted by molar-refractivity contribution is 5.94. The molecule has 5 nitrogen and oxygen atoms in total. The molecular weight excluding hydrogens is 453 g/mol. The van der Waals surface area contributed by atoms with E-state index in [1.54, 1.807) is 12.1 Å². The van der Waals surface area contributed by atoms with Gasteiger partial charge in [-0.15, -0.1) is 0 Å². The maximum atomic E-state index is 13.4. The highest BCUT2D eigenvalue weighted by Crippen LogP contribution is 2.34. The van der Waals surface area contributed by atoms with Crippen LogP contribution in [0.4, 0.5) is 13.2 Å². The van der Waals surface area contributed by atoms with Crippen molar-refractivity contribution in [3.8, 4) is 0 Å². The Morgan fingerprint density at radius 2 is 1.74 bits per heavy atom. The molecule has 188 valence electrons. The molecule has 1 aromatic heterocycles. The van der Waals surface area contributed by atoms with Gasteiger partial charge in [-0.1, -0.05) is 24.3 Å². The topological polar surface area (TPSA) is 40.5 Å². The zero-order chi connectivity index (χ0) is 24.6. The number of benzene rings is 1. The lowest BCUT2D eigenvalue weighted by molar-refractivity contribution is -0.137. The quantitative estimate of drug-likeness (QED) is 0.705. The number of nitrogens with one attached hydrogen (secondary N) is 1. The van der Waals surface area contributed by atoms with Crippen molar-refractivity contribution in [1.82, 2.24) is 19.7 Å². The second-order valence-electron chi connectivity index (χ2n) is 10.1. The monoisotopic (exact) mass is 486 g/mol. The predicted octanol–water partition coefficient (Wildman–Crippen LogP) is 4.19. The smallest absolute Gasteiger partial charge is 0.343 e. The average Bonchev–Trinajstić information content (AvgIpc) is 3.20. The molecule has 8 heteroatoms. The van der Waals surface area contributed by atoms with Crippen LogP contribution >= 0.6 is 0 Å². The van der Waals surface area contributed by atoms with E-state index in [-0.39, 0.29) is 5.91 Å². The Bertz CT molecular complexity index is 1080. The van der Waals surface area contributed by atoms with E-state index in [2.05, 4.69) is 26.9 Å². The van der Waals surface area contributed by atoms with Crippen LogP contribution in [0.15, 0.2) is 36.4 Å². The summed E-state index contributed by atoms with van der Waals surface area (Å²) < 4.78 is 40.5. The minimum atomic E-state index is -4.31. The van der Waals surface area contributed by atoms with Crippen LogP contribution in [0.2, 0.25) is 0 Å². The molecule has 1 aliphatic carbocycles. The summed E-state index contributed by atoms with van der Waals surface area (Å²) in [6, 6.07) is 7.38. The Hall–Kier alpha value is -2.58. The van der Waals surface area contributed by atoms with E-state index in [0.29, 0.717) is 44.6 Å². The van der Waals surface area contributed by atoms with Crippen molar-refractivity contribution in [2.45, 2.75) is 32.0 Å². The van der Waals surface area contributed by atoms with Gasteiger partial charge < -0.3 is 14.8 Å². The van der Waals surface area contributed by atoms with Crippen molar-refractivity contribution in [3.05, 3.63) is 64.5 Å². The fourth-order valence-corrected chi connectivity index (χ4v) is 5.71. The van der Waals surface area contributed by atoms with Gasteiger partial charge in [0.1, 0.15) is 5.69 Å². The van der Waals surface area contributed by atoms with Crippen molar-refractivity contribution in [1.29, 1.82) is 0 Å². The van der Waals surface area contributed by atoms with Gasteiger partial charge in [0, 0.05) is 45.5 Å². The molecule has 1 atom stereocenters. The number of hydrogen-bond donors (Lipinski definition) is 1. The standard InChI is InChI=1S/C27H33F3N4O/c1-32-24-16-21(20-8-10-31-11-9-20)4-5-22(24)17-25(32)26(35)34-14-12-33(13-15-34)18-19-2-6-23(7-3-19)27(28,29)30/h2-7,17,20-21,31H,8-16,18H2,1H3. The Labute approximate surface area is 204 Å². The minimum absolute atomic E-state index is 0.0582. The summed E-state index contributed by atoms with van der Waals surface area (Å²) in [5.74, 6) is 1.30. The molecule has 5 rings (SSSR count). The molecule has 2 aliphatic heterocycles. The molecule has 2 saturated heterocycles. The first-order valence-corrected chi connectivity index (χ1v) is 12.5. The van der Waals surface area contributed by atoms with E-state index >= 15 is 0 Å². The second-order valence-corrected chi connectivity index (χ2v) is 10.1. The number of carbonyl (C=O) groups excluding carboxylic acids is 1. The summed E-state index contributed by atoms with van der Waals surface area (Å²) in [5.41, 5.74) is 3.37. The van der Waals surface area contributed by atoms with E-state index in [4.69, 9.17) is 0 Å². The summed E-state index contributed by atoms with van der Waals surface area (Å²) >= 11 is 0. The third-order valence-corrected chi connectivity index (χ3v) is 7.90. The van der Waals surface area contributed by atoms with Crippen molar-refractivity contribution in [3.63, 3.8) is 0 Å². The van der Waals surface area contributed by atoms with Gasteiger partial charge >= 0.3 is 6.18 Å². The number of halogens is 3. The van der Waals surface area contributed by atoms with Gasteiger partial charge in [-0.3, -0.25) is 9.69 Å². The molecule has 35 heavy (non-hydrogen) atoms. The third-order valence-electron chi connectivity index (χ3n) is 7.90. The highest BCUT2D eigenvalue weighted by Gasteiger charge is 2.31. The molecule has 1 aromatic carbocycles. The Morgan fingerprint density at radius 3 is 2.40 bits per heavy atom. The highest BCUT2D eigenvalue weighted by atomic mass is 19.4. The fraction of sp³-hybridized carbons (Fsp3) is 0.519. The second kappa shape index (κ2) is 9.82. The molecule has 3 heterocycles. The maximum absolute atomic E-state index is 13.4. The number of rotatable bonds is 4. The number of fused-ring (bicyclic) bond motifs is 1. The Kier molecular flexibility index (Phi) is 6.77. The van der Waals surface area contributed by atoms with Gasteiger partial charge in [0.2, 0.25) is 0 Å². The molecule has 2 fully saturated rings. The Morgan fingerprint density at radius 1 is 1.06 bits per heavy atom. The first kappa shape index (κ1) is 24.1. The minimum Gasteiger partial charge on any atom is -0.343 e. The van der Waals surface area contributed by atoms with Crippen molar-refractivity contribution in [2.24, 2.45) is 18.9 Å². The van der Waals surface area contributed by atoms with Crippen LogP contribution in [0.25, 0.3) is 6.08 Å². The third kappa shape index (κ3) is 5.19. The molecule has 0 spiro atoms. The number of aromatic nitrogens is 1. The van der Waals surface area contributed by atoms with Crippen LogP contribution in [-0.4, -0.2) is 59.5 Å². The molecule has 0 saturated carbocycles. The number of carbonyl (C=O) groups is 1. The van der Waals surface area contributed by atoms with Gasteiger partial charge in [0.25, 0.3) is 5.91 Å². The van der Waals surface area contributed by atoms with Crippen molar-refractivity contribution >= 4 is 12.0 Å². The number of piperazine rings is 1. The molecular formula is C27H33F3N4O. The maximum Gasteiger partial charge on any atom is 0.416 e. The van der Waals surface area contributed by atoms with Crippen LogP contribution in [0.5, 0.6) is 0 Å². The summed E-state index contributed by atoms with van der Waals surface area (Å²) in [5, 5.41) is 3.44. The molecule has 3 aliphatic rings. The zero-order valence-electron chi connectivity index (χ0n) is 20.2.